The number of hydrogen-bond acceptors (Lipinski definition) is 3. The first kappa shape index (κ1) is 19.7. The predicted octanol–water partition coefficient (Wildman–Crippen LogP) is 5.55. The lowest BCUT2D eigenvalue weighted by molar-refractivity contribution is 0.301. The normalized spacial score (nSPS) is 11.1. The summed E-state index contributed by atoms with van der Waals surface area (Å²) in [6.45, 7) is 4.26. The number of H-pyrrole nitrogens is 1. The highest BCUT2D eigenvalue weighted by Gasteiger charge is 2.07. The van der Waals surface area contributed by atoms with Crippen LogP contribution >= 0.6 is 15.9 Å². The van der Waals surface area contributed by atoms with Gasteiger partial charge in [0.15, 0.2) is 0 Å². The van der Waals surface area contributed by atoms with Crippen LogP contribution in [0.1, 0.15) is 22.5 Å². The molecule has 148 valence electrons. The number of nitrogens with one attached hydrogen (secondary N) is 2. The van der Waals surface area contributed by atoms with Crippen molar-refractivity contribution in [3.63, 3.8) is 0 Å². The summed E-state index contributed by atoms with van der Waals surface area (Å²) in [6.07, 6.45) is 0.849. The van der Waals surface area contributed by atoms with Crippen molar-refractivity contribution in [1.82, 2.24) is 15.3 Å². The lowest BCUT2D eigenvalue weighted by Crippen LogP contribution is -2.18. The first-order valence-electron chi connectivity index (χ1n) is 9.79. The van der Waals surface area contributed by atoms with Gasteiger partial charge in [0.25, 0.3) is 0 Å². The molecule has 0 bridgehead atoms. The van der Waals surface area contributed by atoms with E-state index < -0.39 is 0 Å². The smallest absolute Gasteiger partial charge is 0.124 e. The molecule has 0 aliphatic carbocycles. The monoisotopic (exact) mass is 449 g/mol. The Morgan fingerprint density at radius 3 is 2.69 bits per heavy atom. The summed E-state index contributed by atoms with van der Waals surface area (Å²) in [5, 5.41) is 3.51. The van der Waals surface area contributed by atoms with E-state index in [1.807, 2.05) is 36.4 Å². The molecule has 0 atom stereocenters. The van der Waals surface area contributed by atoms with E-state index in [4.69, 9.17) is 4.74 Å². The fraction of sp³-hybridized carbons (Fsp3) is 0.208. The molecule has 0 radical (unpaired) electrons. The fourth-order valence-electron chi connectivity index (χ4n) is 3.31. The van der Waals surface area contributed by atoms with Crippen molar-refractivity contribution in [2.75, 3.05) is 6.54 Å². The minimum atomic E-state index is 0.570. The van der Waals surface area contributed by atoms with Gasteiger partial charge in [0.05, 0.1) is 11.0 Å². The Morgan fingerprint density at radius 1 is 1.00 bits per heavy atom. The molecule has 0 unspecified atom stereocenters. The van der Waals surface area contributed by atoms with E-state index in [1.165, 1.54) is 11.1 Å². The lowest BCUT2D eigenvalue weighted by Gasteiger charge is -2.14. The fourth-order valence-corrected chi connectivity index (χ4v) is 3.72. The van der Waals surface area contributed by atoms with E-state index in [-0.39, 0.29) is 0 Å². The van der Waals surface area contributed by atoms with Crippen LogP contribution in [0.3, 0.4) is 0 Å². The molecule has 0 aliphatic heterocycles. The SMILES string of the molecule is Cc1ccccc1COc1ccc(Br)cc1CNCCc1nc2ccccc2[nH]1. The molecule has 0 aliphatic rings. The Hall–Kier alpha value is -2.63. The lowest BCUT2D eigenvalue weighted by atomic mass is 10.1. The molecule has 3 aromatic carbocycles. The molecule has 29 heavy (non-hydrogen) atoms. The van der Waals surface area contributed by atoms with Gasteiger partial charge in [0.1, 0.15) is 18.2 Å². The molecule has 0 saturated heterocycles. The Labute approximate surface area is 179 Å². The maximum absolute atomic E-state index is 6.13. The van der Waals surface area contributed by atoms with Gasteiger partial charge in [0, 0.05) is 29.5 Å². The third-order valence-corrected chi connectivity index (χ3v) is 5.45. The van der Waals surface area contributed by atoms with Crippen LogP contribution in [0.2, 0.25) is 0 Å². The van der Waals surface area contributed by atoms with Crippen molar-refractivity contribution in [3.05, 3.63) is 93.7 Å². The molecule has 4 nitrogen and oxygen atoms in total. The molecule has 0 fully saturated rings. The van der Waals surface area contributed by atoms with Crippen molar-refractivity contribution >= 4 is 27.0 Å². The third kappa shape index (κ3) is 5.05. The number of benzene rings is 3. The van der Waals surface area contributed by atoms with Gasteiger partial charge in [-0.05, 0) is 48.4 Å². The Bertz CT molecular complexity index is 1070. The number of nitrogens with zero attached hydrogens (tertiary/aromatic N) is 1. The van der Waals surface area contributed by atoms with Crippen molar-refractivity contribution in [3.8, 4) is 5.75 Å². The average molecular weight is 450 g/mol. The number of ether oxygens (including phenoxy) is 1. The van der Waals surface area contributed by atoms with Gasteiger partial charge in [0.2, 0.25) is 0 Å². The first-order chi connectivity index (χ1) is 14.2. The molecular weight excluding hydrogens is 426 g/mol. The molecule has 2 N–H and O–H groups in total. The van der Waals surface area contributed by atoms with E-state index >= 15 is 0 Å². The molecule has 1 heterocycles. The zero-order chi connectivity index (χ0) is 20.1. The van der Waals surface area contributed by atoms with E-state index in [0.717, 1.165) is 52.2 Å². The second-order valence-corrected chi connectivity index (χ2v) is 8.01. The number of imidazole rings is 1. The molecule has 0 saturated carbocycles. The quantitative estimate of drug-likeness (QED) is 0.347. The van der Waals surface area contributed by atoms with Crippen LogP contribution in [0.4, 0.5) is 0 Å². The standard InChI is InChI=1S/C24H24BrN3O/c1-17-6-2-3-7-18(17)16-29-23-11-10-20(25)14-19(23)15-26-13-12-24-27-21-8-4-5-9-22(21)28-24/h2-11,14,26H,12-13,15-16H2,1H3,(H,27,28). The van der Waals surface area contributed by atoms with Crippen molar-refractivity contribution < 1.29 is 4.74 Å². The number of aromatic amines is 1. The maximum atomic E-state index is 6.13. The van der Waals surface area contributed by atoms with Gasteiger partial charge in [-0.25, -0.2) is 4.98 Å². The maximum Gasteiger partial charge on any atom is 0.124 e. The number of aromatic nitrogens is 2. The second-order valence-electron chi connectivity index (χ2n) is 7.09. The Morgan fingerprint density at radius 2 is 1.83 bits per heavy atom. The van der Waals surface area contributed by atoms with E-state index in [2.05, 4.69) is 68.5 Å². The molecule has 5 heteroatoms. The highest BCUT2D eigenvalue weighted by Crippen LogP contribution is 2.24. The number of halogens is 1. The van der Waals surface area contributed by atoms with E-state index in [0.29, 0.717) is 6.61 Å². The highest BCUT2D eigenvalue weighted by atomic mass is 79.9. The summed E-state index contributed by atoms with van der Waals surface area (Å²) in [6, 6.07) is 22.6. The van der Waals surface area contributed by atoms with Crippen molar-refractivity contribution in [1.29, 1.82) is 0 Å². The number of aryl methyl sites for hydroxylation is 1. The van der Waals surface area contributed by atoms with Gasteiger partial charge in [-0.2, -0.15) is 0 Å². The van der Waals surface area contributed by atoms with Crippen LogP contribution in [0.25, 0.3) is 11.0 Å². The van der Waals surface area contributed by atoms with Crippen LogP contribution < -0.4 is 10.1 Å². The van der Waals surface area contributed by atoms with Crippen molar-refractivity contribution in [2.45, 2.75) is 26.5 Å². The second kappa shape index (κ2) is 9.25. The molecule has 1 aromatic heterocycles. The summed E-state index contributed by atoms with van der Waals surface area (Å²) in [4.78, 5) is 8.01. The largest absolute Gasteiger partial charge is 0.489 e. The zero-order valence-corrected chi connectivity index (χ0v) is 18.0. The predicted molar refractivity (Wildman–Crippen MR) is 121 cm³/mol. The number of para-hydroxylation sites is 2. The molecular formula is C24H24BrN3O. The summed E-state index contributed by atoms with van der Waals surface area (Å²) in [5.74, 6) is 1.91. The minimum absolute atomic E-state index is 0.570. The van der Waals surface area contributed by atoms with Gasteiger partial charge < -0.3 is 15.0 Å². The summed E-state index contributed by atoms with van der Waals surface area (Å²) >= 11 is 3.57. The molecule has 4 rings (SSSR count). The zero-order valence-electron chi connectivity index (χ0n) is 16.4. The van der Waals surface area contributed by atoms with Crippen molar-refractivity contribution in [2.24, 2.45) is 0 Å². The molecule has 4 aromatic rings. The average Bonchev–Trinajstić information content (AvgIpc) is 3.14. The highest BCUT2D eigenvalue weighted by molar-refractivity contribution is 9.10. The summed E-state index contributed by atoms with van der Waals surface area (Å²) < 4.78 is 7.19. The third-order valence-electron chi connectivity index (χ3n) is 4.96. The van der Waals surface area contributed by atoms with Crippen LogP contribution in [0.15, 0.2) is 71.2 Å². The number of fused-ring (bicyclic) bond motifs is 1. The first-order valence-corrected chi connectivity index (χ1v) is 10.6. The van der Waals surface area contributed by atoms with Crippen LogP contribution in [0.5, 0.6) is 5.75 Å². The van der Waals surface area contributed by atoms with Gasteiger partial charge >= 0.3 is 0 Å². The van der Waals surface area contributed by atoms with Gasteiger partial charge in [-0.3, -0.25) is 0 Å². The summed E-state index contributed by atoms with van der Waals surface area (Å²) in [5.41, 5.74) is 5.69. The Kier molecular flexibility index (Phi) is 6.27. The van der Waals surface area contributed by atoms with E-state index in [9.17, 15) is 0 Å². The number of rotatable bonds is 8. The molecule has 0 spiro atoms. The van der Waals surface area contributed by atoms with Crippen LogP contribution in [0, 0.1) is 6.92 Å². The van der Waals surface area contributed by atoms with Gasteiger partial charge in [-0.15, -0.1) is 0 Å². The Balaban J connectivity index is 1.35. The van der Waals surface area contributed by atoms with E-state index in [1.54, 1.807) is 0 Å². The van der Waals surface area contributed by atoms with Gasteiger partial charge in [-0.1, -0.05) is 52.3 Å². The molecule has 0 amide bonds. The topological polar surface area (TPSA) is 49.9 Å². The number of hydrogen-bond donors (Lipinski definition) is 2. The summed E-state index contributed by atoms with van der Waals surface area (Å²) in [7, 11) is 0. The van der Waals surface area contributed by atoms with Crippen LogP contribution in [-0.4, -0.2) is 16.5 Å². The van der Waals surface area contributed by atoms with Crippen LogP contribution in [-0.2, 0) is 19.6 Å². The minimum Gasteiger partial charge on any atom is -0.489 e.